The molecule has 2 aromatic carbocycles. The van der Waals surface area contributed by atoms with E-state index in [2.05, 4.69) is 57.1 Å². The van der Waals surface area contributed by atoms with Crippen LogP contribution in [-0.2, 0) is 24.6 Å². The largest absolute Gasteiger partial charge is 0.501 e. The van der Waals surface area contributed by atoms with Gasteiger partial charge >= 0.3 is 5.51 Å². The molecule has 0 aromatic heterocycles. The number of sulfonamides is 1. The van der Waals surface area contributed by atoms with Crippen LogP contribution < -0.4 is 10.1 Å². The molecule has 1 saturated carbocycles. The lowest BCUT2D eigenvalue weighted by atomic mass is 9.68. The smallest absolute Gasteiger partial charge is 0.380 e. The van der Waals surface area contributed by atoms with Crippen molar-refractivity contribution in [2.75, 3.05) is 89.7 Å². The van der Waals surface area contributed by atoms with Crippen molar-refractivity contribution < 1.29 is 39.9 Å². The van der Waals surface area contributed by atoms with Crippen LogP contribution in [0.3, 0.4) is 0 Å². The summed E-state index contributed by atoms with van der Waals surface area (Å²) in [6, 6.07) is 12.7. The van der Waals surface area contributed by atoms with Crippen LogP contribution in [0.2, 0.25) is 0 Å². The van der Waals surface area contributed by atoms with E-state index in [-0.39, 0.29) is 36.8 Å². The first-order valence-electron chi connectivity index (χ1n) is 22.4. The van der Waals surface area contributed by atoms with Gasteiger partial charge in [-0.2, -0.15) is 13.2 Å². The van der Waals surface area contributed by atoms with Gasteiger partial charge in [0.15, 0.2) is 0 Å². The lowest BCUT2D eigenvalue weighted by Gasteiger charge is -2.55. The van der Waals surface area contributed by atoms with E-state index in [0.717, 1.165) is 61.5 Å². The van der Waals surface area contributed by atoms with Crippen molar-refractivity contribution in [1.82, 2.24) is 29.4 Å². The number of benzene rings is 2. The van der Waals surface area contributed by atoms with E-state index < -0.39 is 52.3 Å². The second kappa shape index (κ2) is 22.0. The molecule has 3 N–H and O–H groups in total. The molecule has 2 aromatic rings. The number of ether oxygens (including phenoxy) is 1. The molecular formula is C44H67ClF3N7O6S3. The van der Waals surface area contributed by atoms with Crippen LogP contribution in [0.4, 0.5) is 18.9 Å². The highest BCUT2D eigenvalue weighted by atomic mass is 35.5. The molecule has 0 bridgehead atoms. The van der Waals surface area contributed by atoms with Crippen LogP contribution in [0.25, 0.3) is 0 Å². The molecule has 1 aliphatic carbocycles. The normalized spacial score (nSPS) is 26.1. The Morgan fingerprint density at radius 3 is 2.28 bits per heavy atom. The predicted molar refractivity (Wildman–Crippen MR) is 248 cm³/mol. The third-order valence-electron chi connectivity index (χ3n) is 13.1. The number of anilines is 1. The minimum absolute atomic E-state index is 0.226. The highest BCUT2D eigenvalue weighted by Gasteiger charge is 2.50. The molecule has 20 heteroatoms. The average Bonchev–Trinajstić information content (AvgIpc) is 3.47. The quantitative estimate of drug-likeness (QED) is 0.0873. The lowest BCUT2D eigenvalue weighted by molar-refractivity contribution is -0.0981. The van der Waals surface area contributed by atoms with Gasteiger partial charge in [0.2, 0.25) is 0 Å². The lowest BCUT2D eigenvalue weighted by Crippen LogP contribution is -2.65. The van der Waals surface area contributed by atoms with Gasteiger partial charge in [0, 0.05) is 112 Å². The summed E-state index contributed by atoms with van der Waals surface area (Å²) in [4.78, 5) is 10.3. The van der Waals surface area contributed by atoms with E-state index in [1.807, 2.05) is 37.3 Å². The first kappa shape index (κ1) is 51.4. The van der Waals surface area contributed by atoms with Crippen molar-refractivity contribution in [2.45, 2.75) is 115 Å². The maximum absolute atomic E-state index is 14.2. The maximum Gasteiger partial charge on any atom is 0.501 e. The Balaban J connectivity index is 1.07. The highest BCUT2D eigenvalue weighted by molar-refractivity contribution is 7.99. The summed E-state index contributed by atoms with van der Waals surface area (Å²) >= 11 is 8.79. The van der Waals surface area contributed by atoms with Gasteiger partial charge in [-0.15, -0.1) is 28.2 Å². The van der Waals surface area contributed by atoms with Gasteiger partial charge in [-0.3, -0.25) is 14.7 Å². The summed E-state index contributed by atoms with van der Waals surface area (Å²) < 4.78 is 102. The molecule has 3 saturated heterocycles. The Labute approximate surface area is 388 Å². The fraction of sp³-hybridized carbons (Fsp3) is 0.682. The second-order valence-electron chi connectivity index (χ2n) is 18.2. The predicted octanol–water partition coefficient (Wildman–Crippen LogP) is 5.93. The van der Waals surface area contributed by atoms with E-state index in [4.69, 9.17) is 16.3 Å². The standard InChI is InChI=1S/C44H67ClF3N7O6S3/c1-32(27-43(5,45)39-13-15-41(39)53-29-33(2)55(35(4)56)34(3)30-53)28-52-19-21-54(22-20-52)50-64(59,60)38-12-14-40(42(26-38)63(57,58)44(46,47)48)49-36(31-62-37-10-7-6-8-11-37)16-18-51-17-9-24-61-25-23-51/h6-8,10-12,14,26,33-36,39,41,49-50,56H,1,9,13,15-25,27-31H2,2-5H3/t33?,34?,35?,36?,39-,41?,43+/m0/s1. The first-order valence-corrected chi connectivity index (χ1v) is 26.7. The summed E-state index contributed by atoms with van der Waals surface area (Å²) in [6.07, 6.45) is 3.57. The van der Waals surface area contributed by atoms with Gasteiger partial charge < -0.3 is 20.1 Å². The van der Waals surface area contributed by atoms with Crippen LogP contribution in [0, 0.1) is 5.92 Å². The second-order valence-corrected chi connectivity index (χ2v) is 23.7. The number of aliphatic hydroxyl groups excluding tert-OH is 1. The molecule has 3 aliphatic heterocycles. The molecule has 0 amide bonds. The van der Waals surface area contributed by atoms with Crippen LogP contribution in [0.1, 0.15) is 59.8 Å². The van der Waals surface area contributed by atoms with Crippen LogP contribution in [-0.4, -0.2) is 172 Å². The van der Waals surface area contributed by atoms with Crippen molar-refractivity contribution in [2.24, 2.45) is 5.92 Å². The summed E-state index contributed by atoms with van der Waals surface area (Å²) in [7, 11) is -10.5. The molecule has 6 rings (SSSR count). The zero-order valence-electron chi connectivity index (χ0n) is 37.5. The number of aliphatic hydroxyl groups is 1. The van der Waals surface area contributed by atoms with Gasteiger partial charge in [-0.25, -0.2) is 21.8 Å². The molecule has 64 heavy (non-hydrogen) atoms. The minimum atomic E-state index is -5.97. The molecule has 360 valence electrons. The zero-order valence-corrected chi connectivity index (χ0v) is 40.7. The molecule has 3 heterocycles. The summed E-state index contributed by atoms with van der Waals surface area (Å²) in [5, 5.41) is 14.8. The summed E-state index contributed by atoms with van der Waals surface area (Å²) in [5.41, 5.74) is -5.01. The van der Waals surface area contributed by atoms with Crippen molar-refractivity contribution in [3.05, 3.63) is 60.7 Å². The number of hydrazine groups is 1. The number of nitrogens with one attached hydrogen (secondary N) is 2. The molecule has 7 atom stereocenters. The first-order chi connectivity index (χ1) is 30.1. The monoisotopic (exact) mass is 977 g/mol. The number of sulfone groups is 1. The Morgan fingerprint density at radius 2 is 1.66 bits per heavy atom. The SMILES string of the molecule is C=C(CN1CCN(NS(=O)(=O)c2ccc(NC(CCN3CCCOCC3)CSc3ccccc3)c(S(=O)(=O)C(F)(F)F)c2)CC1)C[C@@](C)(Cl)[C@H]1CCC1N1CC(C)N(C(C)O)C(C)C1. The van der Waals surface area contributed by atoms with Gasteiger partial charge in [0.05, 0.1) is 17.2 Å². The topological polar surface area (TPSA) is 138 Å². The van der Waals surface area contributed by atoms with Crippen molar-refractivity contribution >= 4 is 48.9 Å². The number of alkyl halides is 4. The number of hydrogen-bond acceptors (Lipinski definition) is 13. The van der Waals surface area contributed by atoms with Gasteiger partial charge in [-0.05, 0) is 96.0 Å². The molecule has 4 fully saturated rings. The molecule has 13 nitrogen and oxygen atoms in total. The molecule has 0 radical (unpaired) electrons. The van der Waals surface area contributed by atoms with Crippen LogP contribution in [0.15, 0.2) is 75.4 Å². The number of halogens is 4. The van der Waals surface area contributed by atoms with Gasteiger partial charge in [0.1, 0.15) is 11.1 Å². The fourth-order valence-electron chi connectivity index (χ4n) is 9.84. The highest BCUT2D eigenvalue weighted by Crippen LogP contribution is 2.47. The number of rotatable bonds is 19. The van der Waals surface area contributed by atoms with E-state index >= 15 is 0 Å². The Kier molecular flexibility index (Phi) is 17.6. The number of thioether (sulfide) groups is 1. The van der Waals surface area contributed by atoms with E-state index in [9.17, 15) is 35.1 Å². The number of nitrogens with zero attached hydrogens (tertiary/aromatic N) is 5. The number of piperazine rings is 2. The van der Waals surface area contributed by atoms with Crippen LogP contribution >= 0.6 is 23.4 Å². The molecule has 0 spiro atoms. The van der Waals surface area contributed by atoms with Crippen LogP contribution in [0.5, 0.6) is 0 Å². The van der Waals surface area contributed by atoms with Crippen molar-refractivity contribution in [3.63, 3.8) is 0 Å². The summed E-state index contributed by atoms with van der Waals surface area (Å²) in [5.74, 6) is 0.701. The fourth-order valence-corrected chi connectivity index (χ4v) is 13.5. The summed E-state index contributed by atoms with van der Waals surface area (Å²) in [6.45, 7) is 19.8. The van der Waals surface area contributed by atoms with E-state index in [0.29, 0.717) is 76.6 Å². The maximum atomic E-state index is 14.2. The Bertz CT molecular complexity index is 2060. The molecule has 5 unspecified atom stereocenters. The zero-order chi connectivity index (χ0) is 46.5. The minimum Gasteiger partial charge on any atom is -0.380 e. The molecular weight excluding hydrogens is 911 g/mol. The number of hydrogen-bond donors (Lipinski definition) is 3. The van der Waals surface area contributed by atoms with Crippen molar-refractivity contribution in [1.29, 1.82) is 0 Å². The molecule has 4 aliphatic rings. The third-order valence-corrected chi connectivity index (χ3v) is 17.6. The van der Waals surface area contributed by atoms with E-state index in [1.54, 1.807) is 0 Å². The third kappa shape index (κ3) is 13.2. The van der Waals surface area contributed by atoms with Crippen molar-refractivity contribution in [3.8, 4) is 0 Å². The van der Waals surface area contributed by atoms with Gasteiger partial charge in [-0.1, -0.05) is 30.4 Å². The Hall–Kier alpha value is -2.01. The average molecular weight is 979 g/mol. The Morgan fingerprint density at radius 1 is 0.969 bits per heavy atom. The van der Waals surface area contributed by atoms with Gasteiger partial charge in [0.25, 0.3) is 19.9 Å². The van der Waals surface area contributed by atoms with E-state index in [1.165, 1.54) is 16.8 Å².